The van der Waals surface area contributed by atoms with Crippen LogP contribution in [0.15, 0.2) is 42.6 Å². The van der Waals surface area contributed by atoms with Crippen LogP contribution in [0, 0.1) is 0 Å². The Morgan fingerprint density at radius 2 is 2.11 bits per heavy atom. The van der Waals surface area contributed by atoms with E-state index in [1.54, 1.807) is 13.3 Å². The van der Waals surface area contributed by atoms with Crippen LogP contribution in [-0.4, -0.2) is 18.6 Å². The van der Waals surface area contributed by atoms with Crippen molar-refractivity contribution in [3.05, 3.63) is 53.9 Å². The lowest BCUT2D eigenvalue weighted by Gasteiger charge is -2.12. The van der Waals surface area contributed by atoms with Crippen LogP contribution in [0.1, 0.15) is 11.3 Å². The molecule has 1 heterocycles. The van der Waals surface area contributed by atoms with Gasteiger partial charge in [-0.2, -0.15) is 0 Å². The number of rotatable bonds is 6. The van der Waals surface area contributed by atoms with Crippen LogP contribution in [0.4, 0.5) is 0 Å². The van der Waals surface area contributed by atoms with Gasteiger partial charge >= 0.3 is 0 Å². The molecule has 0 aliphatic rings. The molecule has 2 aromatic rings. The third kappa shape index (κ3) is 3.69. The van der Waals surface area contributed by atoms with Gasteiger partial charge in [-0.15, -0.1) is 0 Å². The van der Waals surface area contributed by atoms with Crippen molar-refractivity contribution >= 4 is 0 Å². The number of benzene rings is 1. The van der Waals surface area contributed by atoms with Crippen molar-refractivity contribution in [2.45, 2.75) is 13.0 Å². The van der Waals surface area contributed by atoms with Crippen molar-refractivity contribution < 1.29 is 9.47 Å². The number of nitrogens with two attached hydrogens (primary N) is 1. The van der Waals surface area contributed by atoms with Crippen molar-refractivity contribution in [1.29, 1.82) is 0 Å². The Kier molecular flexibility index (Phi) is 4.75. The van der Waals surface area contributed by atoms with Gasteiger partial charge in [0.25, 0.3) is 0 Å². The molecular formula is C15H18N2O2. The number of hydrogen-bond donors (Lipinski definition) is 1. The number of pyridine rings is 1. The summed E-state index contributed by atoms with van der Waals surface area (Å²) in [5.74, 6) is 1.64. The zero-order valence-electron chi connectivity index (χ0n) is 11.0. The smallest absolute Gasteiger partial charge is 0.130 e. The second kappa shape index (κ2) is 6.75. The van der Waals surface area contributed by atoms with Crippen LogP contribution in [0.5, 0.6) is 11.5 Å². The lowest BCUT2D eigenvalue weighted by molar-refractivity contribution is 0.297. The number of nitrogens with zero attached hydrogens (tertiary/aromatic N) is 1. The number of hydrogen-bond acceptors (Lipinski definition) is 4. The van der Waals surface area contributed by atoms with Gasteiger partial charge in [-0.25, -0.2) is 0 Å². The average Bonchev–Trinajstić information content (AvgIpc) is 2.47. The summed E-state index contributed by atoms with van der Waals surface area (Å²) in [5, 5.41) is 0. The Balaban J connectivity index is 2.10. The lowest BCUT2D eigenvalue weighted by atomic mass is 10.1. The van der Waals surface area contributed by atoms with Crippen LogP contribution in [0.25, 0.3) is 0 Å². The molecule has 0 saturated heterocycles. The zero-order valence-corrected chi connectivity index (χ0v) is 11.0. The van der Waals surface area contributed by atoms with Gasteiger partial charge in [-0.1, -0.05) is 6.07 Å². The highest BCUT2D eigenvalue weighted by molar-refractivity contribution is 5.40. The third-order valence-electron chi connectivity index (χ3n) is 2.78. The molecule has 1 aromatic carbocycles. The number of ether oxygens (including phenoxy) is 2. The molecule has 0 saturated carbocycles. The molecule has 0 radical (unpaired) electrons. The standard InChI is InChI=1S/C15H18N2O2/c1-18-14-5-6-15(12(10-14)7-8-16)19-11-13-4-2-3-9-17-13/h2-6,9-10H,7-8,11,16H2,1H3. The Labute approximate surface area is 113 Å². The summed E-state index contributed by atoms with van der Waals surface area (Å²) >= 11 is 0. The maximum absolute atomic E-state index is 5.80. The summed E-state index contributed by atoms with van der Waals surface area (Å²) in [4.78, 5) is 4.23. The molecule has 2 rings (SSSR count). The summed E-state index contributed by atoms with van der Waals surface area (Å²) in [6.07, 6.45) is 2.52. The van der Waals surface area contributed by atoms with E-state index < -0.39 is 0 Å². The molecule has 0 unspecified atom stereocenters. The molecule has 19 heavy (non-hydrogen) atoms. The summed E-state index contributed by atoms with van der Waals surface area (Å²) < 4.78 is 11.0. The highest BCUT2D eigenvalue weighted by atomic mass is 16.5. The van der Waals surface area contributed by atoms with E-state index in [1.165, 1.54) is 0 Å². The molecule has 0 atom stereocenters. The fraction of sp³-hybridized carbons (Fsp3) is 0.267. The van der Waals surface area contributed by atoms with E-state index in [4.69, 9.17) is 15.2 Å². The molecule has 0 amide bonds. The van der Waals surface area contributed by atoms with Gasteiger partial charge in [0.05, 0.1) is 12.8 Å². The van der Waals surface area contributed by atoms with E-state index in [9.17, 15) is 0 Å². The second-order valence-corrected chi connectivity index (χ2v) is 4.12. The minimum atomic E-state index is 0.449. The van der Waals surface area contributed by atoms with E-state index in [0.717, 1.165) is 29.2 Å². The first kappa shape index (κ1) is 13.4. The molecular weight excluding hydrogens is 240 g/mol. The Morgan fingerprint density at radius 3 is 2.79 bits per heavy atom. The molecule has 4 nitrogen and oxygen atoms in total. The van der Waals surface area contributed by atoms with Crippen molar-refractivity contribution in [3.63, 3.8) is 0 Å². The lowest BCUT2D eigenvalue weighted by Crippen LogP contribution is -2.06. The van der Waals surface area contributed by atoms with Gasteiger partial charge in [0, 0.05) is 6.20 Å². The summed E-state index contributed by atoms with van der Waals surface area (Å²) in [6, 6.07) is 11.5. The molecule has 1 aromatic heterocycles. The minimum absolute atomic E-state index is 0.449. The fourth-order valence-corrected chi connectivity index (χ4v) is 1.81. The Bertz CT molecular complexity index is 515. The van der Waals surface area contributed by atoms with Crippen LogP contribution in [0.2, 0.25) is 0 Å². The molecule has 100 valence electrons. The minimum Gasteiger partial charge on any atom is -0.497 e. The first-order chi connectivity index (χ1) is 9.33. The van der Waals surface area contributed by atoms with E-state index in [-0.39, 0.29) is 0 Å². The highest BCUT2D eigenvalue weighted by Crippen LogP contribution is 2.25. The van der Waals surface area contributed by atoms with E-state index in [1.807, 2.05) is 36.4 Å². The monoisotopic (exact) mass is 258 g/mol. The highest BCUT2D eigenvalue weighted by Gasteiger charge is 2.06. The molecule has 2 N–H and O–H groups in total. The maximum atomic E-state index is 5.80. The zero-order chi connectivity index (χ0) is 13.5. The van der Waals surface area contributed by atoms with Crippen LogP contribution >= 0.6 is 0 Å². The van der Waals surface area contributed by atoms with Gasteiger partial charge in [0.15, 0.2) is 0 Å². The molecule has 0 fully saturated rings. The topological polar surface area (TPSA) is 57.4 Å². The molecule has 4 heteroatoms. The first-order valence-corrected chi connectivity index (χ1v) is 6.23. The van der Waals surface area contributed by atoms with Crippen LogP contribution in [-0.2, 0) is 13.0 Å². The van der Waals surface area contributed by atoms with Crippen molar-refractivity contribution in [1.82, 2.24) is 4.98 Å². The van der Waals surface area contributed by atoms with Crippen LogP contribution < -0.4 is 15.2 Å². The van der Waals surface area contributed by atoms with E-state index in [0.29, 0.717) is 13.2 Å². The molecule has 0 aliphatic carbocycles. The number of aromatic nitrogens is 1. The Morgan fingerprint density at radius 1 is 1.21 bits per heavy atom. The second-order valence-electron chi connectivity index (χ2n) is 4.12. The summed E-state index contributed by atoms with van der Waals surface area (Å²) in [6.45, 7) is 1.03. The first-order valence-electron chi connectivity index (χ1n) is 6.23. The fourth-order valence-electron chi connectivity index (χ4n) is 1.81. The van der Waals surface area contributed by atoms with E-state index >= 15 is 0 Å². The van der Waals surface area contributed by atoms with Crippen LogP contribution in [0.3, 0.4) is 0 Å². The van der Waals surface area contributed by atoms with Crippen molar-refractivity contribution in [2.75, 3.05) is 13.7 Å². The third-order valence-corrected chi connectivity index (χ3v) is 2.78. The van der Waals surface area contributed by atoms with Gasteiger partial charge in [0.2, 0.25) is 0 Å². The van der Waals surface area contributed by atoms with Gasteiger partial charge in [-0.3, -0.25) is 4.98 Å². The van der Waals surface area contributed by atoms with Crippen molar-refractivity contribution in [2.24, 2.45) is 5.73 Å². The quantitative estimate of drug-likeness (QED) is 0.862. The van der Waals surface area contributed by atoms with Crippen molar-refractivity contribution in [3.8, 4) is 11.5 Å². The molecule has 0 spiro atoms. The predicted octanol–water partition coefficient (Wildman–Crippen LogP) is 2.17. The van der Waals surface area contributed by atoms with Gasteiger partial charge < -0.3 is 15.2 Å². The Hall–Kier alpha value is -2.07. The average molecular weight is 258 g/mol. The molecule has 0 bridgehead atoms. The molecule has 0 aliphatic heterocycles. The summed E-state index contributed by atoms with van der Waals surface area (Å²) in [5.41, 5.74) is 7.57. The van der Waals surface area contributed by atoms with E-state index in [2.05, 4.69) is 4.98 Å². The SMILES string of the molecule is COc1ccc(OCc2ccccn2)c(CCN)c1. The van der Waals surface area contributed by atoms with Gasteiger partial charge in [-0.05, 0) is 48.9 Å². The van der Waals surface area contributed by atoms with Gasteiger partial charge in [0.1, 0.15) is 18.1 Å². The largest absolute Gasteiger partial charge is 0.497 e. The number of methoxy groups -OCH3 is 1. The normalized spacial score (nSPS) is 10.2. The maximum Gasteiger partial charge on any atom is 0.130 e. The summed E-state index contributed by atoms with van der Waals surface area (Å²) in [7, 11) is 1.65. The predicted molar refractivity (Wildman–Crippen MR) is 74.3 cm³/mol.